The van der Waals surface area contributed by atoms with Crippen LogP contribution in [0, 0.1) is 0 Å². The maximum absolute atomic E-state index is 12.5. The van der Waals surface area contributed by atoms with E-state index in [1.165, 1.54) is 12.1 Å². The van der Waals surface area contributed by atoms with E-state index in [4.69, 9.17) is 10.7 Å². The van der Waals surface area contributed by atoms with Crippen LogP contribution in [0.25, 0.3) is 0 Å². The first-order chi connectivity index (χ1) is 9.82. The number of carbonyl (C=O) groups excluding carboxylic acids is 2. The zero-order valence-corrected chi connectivity index (χ0v) is 11.9. The molecule has 106 valence electrons. The summed E-state index contributed by atoms with van der Waals surface area (Å²) in [5.74, 6) is -1.72. The van der Waals surface area contributed by atoms with Crippen LogP contribution in [0.2, 0.25) is 0 Å². The van der Waals surface area contributed by atoms with Gasteiger partial charge in [-0.05, 0) is 12.1 Å². The lowest BCUT2D eigenvalue weighted by Gasteiger charge is -2.19. The summed E-state index contributed by atoms with van der Waals surface area (Å²) in [6.07, 6.45) is 0. The van der Waals surface area contributed by atoms with E-state index in [0.29, 0.717) is 0 Å². The Balaban J connectivity index is 2.46. The Morgan fingerprint density at radius 3 is 1.90 bits per heavy atom. The van der Waals surface area contributed by atoms with Gasteiger partial charge in [-0.2, -0.15) is 0 Å². The number of hydrogen-bond donors (Lipinski definition) is 1. The van der Waals surface area contributed by atoms with Crippen LogP contribution in [-0.2, 0) is 9.05 Å². The number of hydrogen-bond acceptors (Lipinski definition) is 5. The Morgan fingerprint density at radius 1 is 0.857 bits per heavy atom. The summed E-state index contributed by atoms with van der Waals surface area (Å²) in [6.45, 7) is 0. The Kier molecular flexibility index (Phi) is 2.89. The number of benzene rings is 2. The maximum atomic E-state index is 12.5. The van der Waals surface area contributed by atoms with Crippen LogP contribution >= 0.6 is 10.7 Å². The predicted octanol–water partition coefficient (Wildman–Crippen LogP) is 2.10. The monoisotopic (exact) mass is 322 g/mol. The molecule has 1 aliphatic carbocycles. The molecule has 1 N–H and O–H groups in total. The van der Waals surface area contributed by atoms with Crippen LogP contribution in [0.4, 0.5) is 0 Å². The first-order valence-corrected chi connectivity index (χ1v) is 8.12. The number of carbonyl (C=O) groups is 2. The van der Waals surface area contributed by atoms with Crippen LogP contribution in [0.15, 0.2) is 41.3 Å². The summed E-state index contributed by atoms with van der Waals surface area (Å²) in [4.78, 5) is 24.4. The lowest BCUT2D eigenvalue weighted by Crippen LogP contribution is -2.23. The molecule has 1 aliphatic rings. The molecule has 2 aromatic carbocycles. The summed E-state index contributed by atoms with van der Waals surface area (Å²) in [5.41, 5.74) is -0.509. The molecule has 0 atom stereocenters. The van der Waals surface area contributed by atoms with Gasteiger partial charge in [0.2, 0.25) is 0 Å². The summed E-state index contributed by atoms with van der Waals surface area (Å²) >= 11 is 0. The quantitative estimate of drug-likeness (QED) is 0.693. The summed E-state index contributed by atoms with van der Waals surface area (Å²) in [5, 5.41) is 9.85. The van der Waals surface area contributed by atoms with Crippen molar-refractivity contribution < 1.29 is 23.1 Å². The van der Waals surface area contributed by atoms with Gasteiger partial charge in [-0.25, -0.2) is 8.42 Å². The highest BCUT2D eigenvalue weighted by molar-refractivity contribution is 8.13. The maximum Gasteiger partial charge on any atom is 0.262 e. The molecule has 0 bridgehead atoms. The summed E-state index contributed by atoms with van der Waals surface area (Å²) < 4.78 is 23.2. The molecule has 21 heavy (non-hydrogen) atoms. The highest BCUT2D eigenvalue weighted by Gasteiger charge is 2.36. The average Bonchev–Trinajstić information content (AvgIpc) is 2.43. The predicted molar refractivity (Wildman–Crippen MR) is 74.5 cm³/mol. The van der Waals surface area contributed by atoms with Gasteiger partial charge >= 0.3 is 0 Å². The molecular weight excluding hydrogens is 316 g/mol. The van der Waals surface area contributed by atoms with Crippen molar-refractivity contribution in [1.82, 2.24) is 0 Å². The molecule has 0 aromatic heterocycles. The van der Waals surface area contributed by atoms with E-state index in [1.807, 2.05) is 0 Å². The molecule has 0 fully saturated rings. The van der Waals surface area contributed by atoms with Gasteiger partial charge in [0.15, 0.2) is 11.6 Å². The second-order valence-corrected chi connectivity index (χ2v) is 7.01. The summed E-state index contributed by atoms with van der Waals surface area (Å²) in [6, 6.07) is 8.05. The number of fused-ring (bicyclic) bond motifs is 2. The number of aromatic hydroxyl groups is 1. The fourth-order valence-electron chi connectivity index (χ4n) is 2.38. The lowest BCUT2D eigenvalue weighted by atomic mass is 9.83. The van der Waals surface area contributed by atoms with E-state index in [-0.39, 0.29) is 22.3 Å². The minimum absolute atomic E-state index is 0.0853. The third-order valence-electron chi connectivity index (χ3n) is 3.28. The van der Waals surface area contributed by atoms with Gasteiger partial charge in [0.05, 0.1) is 16.0 Å². The Hall–Kier alpha value is -2.18. The van der Waals surface area contributed by atoms with Crippen molar-refractivity contribution in [1.29, 1.82) is 0 Å². The second-order valence-electron chi connectivity index (χ2n) is 4.47. The molecule has 3 rings (SSSR count). The highest BCUT2D eigenvalue weighted by atomic mass is 35.7. The van der Waals surface area contributed by atoms with Crippen molar-refractivity contribution in [2.75, 3.05) is 0 Å². The van der Waals surface area contributed by atoms with Crippen molar-refractivity contribution in [3.8, 4) is 5.75 Å². The topological polar surface area (TPSA) is 88.5 Å². The molecule has 0 unspecified atom stereocenters. The Bertz CT molecular complexity index is 915. The van der Waals surface area contributed by atoms with Gasteiger partial charge < -0.3 is 5.11 Å². The number of halogens is 1. The van der Waals surface area contributed by atoms with Crippen molar-refractivity contribution in [3.05, 3.63) is 58.7 Å². The number of ketones is 2. The first kappa shape index (κ1) is 13.8. The van der Waals surface area contributed by atoms with E-state index >= 15 is 0 Å². The zero-order chi connectivity index (χ0) is 15.4. The standard InChI is InChI=1S/C14H7ClO5S/c15-21(19,20)10-6-5-9(16)11-12(10)14(18)8-4-2-1-3-7(8)13(11)17/h1-6,16H. The second kappa shape index (κ2) is 4.41. The van der Waals surface area contributed by atoms with Crippen molar-refractivity contribution in [2.24, 2.45) is 0 Å². The molecule has 0 saturated carbocycles. The third-order valence-corrected chi connectivity index (χ3v) is 4.64. The molecule has 5 nitrogen and oxygen atoms in total. The van der Waals surface area contributed by atoms with Crippen molar-refractivity contribution >= 4 is 31.3 Å². The van der Waals surface area contributed by atoms with Crippen LogP contribution in [0.1, 0.15) is 31.8 Å². The third kappa shape index (κ3) is 1.95. The van der Waals surface area contributed by atoms with E-state index < -0.39 is 31.3 Å². The van der Waals surface area contributed by atoms with Gasteiger partial charge in [0, 0.05) is 21.8 Å². The van der Waals surface area contributed by atoms with Gasteiger partial charge in [0.1, 0.15) is 5.75 Å². The van der Waals surface area contributed by atoms with Gasteiger partial charge in [-0.15, -0.1) is 0 Å². The first-order valence-electron chi connectivity index (χ1n) is 5.81. The van der Waals surface area contributed by atoms with Crippen molar-refractivity contribution in [2.45, 2.75) is 4.90 Å². The van der Waals surface area contributed by atoms with E-state index in [0.717, 1.165) is 12.1 Å². The molecule has 0 amide bonds. The fraction of sp³-hybridized carbons (Fsp3) is 0. The van der Waals surface area contributed by atoms with Gasteiger partial charge in [0.25, 0.3) is 9.05 Å². The molecular formula is C14H7ClO5S. The molecule has 0 radical (unpaired) electrons. The largest absolute Gasteiger partial charge is 0.507 e. The Labute approximate surface area is 124 Å². The lowest BCUT2D eigenvalue weighted by molar-refractivity contribution is 0.0974. The SMILES string of the molecule is O=C1c2ccccc2C(=O)c2c(S(=O)(=O)Cl)ccc(O)c21. The molecule has 7 heteroatoms. The molecule has 2 aromatic rings. The smallest absolute Gasteiger partial charge is 0.262 e. The number of phenols is 1. The van der Waals surface area contributed by atoms with Crippen molar-refractivity contribution in [3.63, 3.8) is 0 Å². The number of phenolic OH excluding ortho intramolecular Hbond substituents is 1. The van der Waals surface area contributed by atoms with Crippen LogP contribution in [0.5, 0.6) is 5.75 Å². The molecule has 0 aliphatic heterocycles. The minimum Gasteiger partial charge on any atom is -0.507 e. The average molecular weight is 323 g/mol. The van der Waals surface area contributed by atoms with E-state index in [1.54, 1.807) is 12.1 Å². The molecule has 0 heterocycles. The van der Waals surface area contributed by atoms with Crippen LogP contribution in [0.3, 0.4) is 0 Å². The van der Waals surface area contributed by atoms with E-state index in [9.17, 15) is 23.1 Å². The normalized spacial score (nSPS) is 13.8. The number of rotatable bonds is 1. The van der Waals surface area contributed by atoms with Crippen LogP contribution < -0.4 is 0 Å². The molecule has 0 spiro atoms. The van der Waals surface area contributed by atoms with E-state index in [2.05, 4.69) is 0 Å². The fourth-order valence-corrected chi connectivity index (χ4v) is 3.43. The van der Waals surface area contributed by atoms with Gasteiger partial charge in [-0.3, -0.25) is 9.59 Å². The minimum atomic E-state index is -4.23. The Morgan fingerprint density at radius 2 is 1.38 bits per heavy atom. The molecule has 0 saturated heterocycles. The highest BCUT2D eigenvalue weighted by Crippen LogP contribution is 2.37. The van der Waals surface area contributed by atoms with Gasteiger partial charge in [-0.1, -0.05) is 24.3 Å². The van der Waals surface area contributed by atoms with Crippen LogP contribution in [-0.4, -0.2) is 25.1 Å². The summed E-state index contributed by atoms with van der Waals surface area (Å²) in [7, 11) is 1.08. The zero-order valence-electron chi connectivity index (χ0n) is 10.3.